The summed E-state index contributed by atoms with van der Waals surface area (Å²) < 4.78 is 0. The van der Waals surface area contributed by atoms with Gasteiger partial charge in [0.1, 0.15) is 12.1 Å². The van der Waals surface area contributed by atoms with Crippen LogP contribution in [0.15, 0.2) is 91.9 Å². The van der Waals surface area contributed by atoms with Crippen molar-refractivity contribution in [2.24, 2.45) is 0 Å². The molecule has 2 amide bonds. The topological polar surface area (TPSA) is 96.9 Å². The minimum atomic E-state index is -0.341. The highest BCUT2D eigenvalue weighted by atomic mass is 35.5. The molecule has 0 unspecified atom stereocenters. The van der Waals surface area contributed by atoms with E-state index in [2.05, 4.69) is 44.4 Å². The van der Waals surface area contributed by atoms with Crippen molar-refractivity contribution >= 4 is 45.8 Å². The van der Waals surface area contributed by atoms with Crippen molar-refractivity contribution in [3.8, 4) is 22.3 Å². The molecule has 2 heterocycles. The minimum Gasteiger partial charge on any atom is -0.323 e. The van der Waals surface area contributed by atoms with Gasteiger partial charge in [-0.25, -0.2) is 9.97 Å². The van der Waals surface area contributed by atoms with Crippen LogP contribution in [0.3, 0.4) is 0 Å². The van der Waals surface area contributed by atoms with E-state index in [9.17, 15) is 9.59 Å². The molecule has 2 aromatic heterocycles. The molecular formula is C29H18ClN5O2. The van der Waals surface area contributed by atoms with E-state index in [0.29, 0.717) is 22.1 Å². The Balaban J connectivity index is 1.54. The Kier molecular flexibility index (Phi) is 6.58. The van der Waals surface area contributed by atoms with E-state index in [4.69, 9.17) is 11.6 Å². The van der Waals surface area contributed by atoms with Crippen molar-refractivity contribution in [2.45, 2.75) is 0 Å². The molecule has 0 atom stereocenters. The van der Waals surface area contributed by atoms with Crippen LogP contribution in [0.1, 0.15) is 10.4 Å². The lowest BCUT2D eigenvalue weighted by molar-refractivity contribution is -0.111. The van der Waals surface area contributed by atoms with Gasteiger partial charge in [-0.15, -0.1) is 0 Å². The van der Waals surface area contributed by atoms with Crippen molar-refractivity contribution in [3.05, 3.63) is 115 Å². The summed E-state index contributed by atoms with van der Waals surface area (Å²) in [4.78, 5) is 37.1. The van der Waals surface area contributed by atoms with Gasteiger partial charge in [0.05, 0.1) is 5.52 Å². The molecule has 5 aromatic rings. The standard InChI is InChI=1S/C29H18ClN5O2/c1-2-27(36)34-22-7-5-6-18(13-22)24-14-20(12-21-16-31-17-33-28(21)24)23-10-9-19(15-25(23)30)29(37)35-26-8-3-4-11-32-26/h2-3,5-10,12-17H,1H2,(H,34,36)(H,32,35,37). The van der Waals surface area contributed by atoms with Crippen LogP contribution < -0.4 is 10.6 Å². The van der Waals surface area contributed by atoms with Gasteiger partial charge in [0.2, 0.25) is 5.91 Å². The molecule has 0 saturated heterocycles. The molecule has 7 nitrogen and oxygen atoms in total. The summed E-state index contributed by atoms with van der Waals surface area (Å²) in [5, 5.41) is 6.71. The highest BCUT2D eigenvalue weighted by Gasteiger charge is 2.14. The van der Waals surface area contributed by atoms with E-state index in [0.717, 1.165) is 33.2 Å². The third-order valence-corrected chi connectivity index (χ3v) is 5.90. The lowest BCUT2D eigenvalue weighted by Gasteiger charge is -2.13. The zero-order valence-corrected chi connectivity index (χ0v) is 20.1. The second-order valence-corrected chi connectivity index (χ2v) is 8.40. The van der Waals surface area contributed by atoms with E-state index in [1.165, 1.54) is 12.4 Å². The summed E-state index contributed by atoms with van der Waals surface area (Å²) in [5.74, 6) is -0.269. The number of benzene rings is 3. The number of nitrogens with one attached hydrogen (secondary N) is 2. The zero-order valence-electron chi connectivity index (χ0n) is 19.3. The Morgan fingerprint density at radius 1 is 0.973 bits per heavy atom. The van der Waals surface area contributed by atoms with Crippen LogP contribution >= 0.6 is 11.6 Å². The summed E-state index contributed by atoms with van der Waals surface area (Å²) in [6.45, 7) is 3.50. The summed E-state index contributed by atoms with van der Waals surface area (Å²) >= 11 is 6.66. The fourth-order valence-electron chi connectivity index (χ4n) is 3.87. The van der Waals surface area contributed by atoms with Crippen LogP contribution in [-0.4, -0.2) is 26.8 Å². The Bertz CT molecular complexity index is 1650. The molecular weight excluding hydrogens is 486 g/mol. The Labute approximate surface area is 217 Å². The largest absolute Gasteiger partial charge is 0.323 e. The minimum absolute atomic E-state index is 0.298. The van der Waals surface area contributed by atoms with Gasteiger partial charge in [-0.05, 0) is 71.8 Å². The van der Waals surface area contributed by atoms with Crippen molar-refractivity contribution in [2.75, 3.05) is 10.6 Å². The Morgan fingerprint density at radius 2 is 1.86 bits per heavy atom. The molecule has 0 aliphatic heterocycles. The summed E-state index contributed by atoms with van der Waals surface area (Å²) in [5.41, 5.74) is 5.02. The number of nitrogens with zero attached hydrogens (tertiary/aromatic N) is 3. The van der Waals surface area contributed by atoms with Crippen molar-refractivity contribution in [1.29, 1.82) is 0 Å². The first-order valence-corrected chi connectivity index (χ1v) is 11.5. The number of aromatic nitrogens is 3. The fraction of sp³-hybridized carbons (Fsp3) is 0. The van der Waals surface area contributed by atoms with E-state index < -0.39 is 0 Å². The maximum absolute atomic E-state index is 12.7. The first-order chi connectivity index (χ1) is 18.0. The van der Waals surface area contributed by atoms with Gasteiger partial charge >= 0.3 is 0 Å². The highest BCUT2D eigenvalue weighted by Crippen LogP contribution is 2.36. The van der Waals surface area contributed by atoms with Crippen LogP contribution in [0.2, 0.25) is 5.02 Å². The first kappa shape index (κ1) is 23.7. The molecule has 8 heteroatoms. The van der Waals surface area contributed by atoms with Gasteiger partial charge in [-0.3, -0.25) is 9.59 Å². The number of halogens is 1. The van der Waals surface area contributed by atoms with Crippen LogP contribution in [0.4, 0.5) is 11.5 Å². The molecule has 0 fully saturated rings. The lowest BCUT2D eigenvalue weighted by Crippen LogP contribution is -2.12. The Morgan fingerprint density at radius 3 is 2.65 bits per heavy atom. The number of rotatable bonds is 6. The second kappa shape index (κ2) is 10.3. The van der Waals surface area contributed by atoms with E-state index in [-0.39, 0.29) is 11.8 Å². The average molecular weight is 504 g/mol. The quantitative estimate of drug-likeness (QED) is 0.277. The smallest absolute Gasteiger partial charge is 0.256 e. The van der Waals surface area contributed by atoms with Crippen molar-refractivity contribution in [3.63, 3.8) is 0 Å². The number of anilines is 2. The fourth-order valence-corrected chi connectivity index (χ4v) is 4.16. The SMILES string of the molecule is C=CC(=O)Nc1cccc(-c2cc(-c3ccc(C(=O)Nc4ccc#cn4)cc3Cl)cc3cncnc23)c1. The molecule has 0 aliphatic carbocycles. The summed E-state index contributed by atoms with van der Waals surface area (Å²) in [6.07, 6.45) is 7.00. The maximum atomic E-state index is 12.7. The van der Waals surface area contributed by atoms with Gasteiger partial charge in [0, 0.05) is 45.2 Å². The van der Waals surface area contributed by atoms with E-state index in [1.807, 2.05) is 30.3 Å². The predicted molar refractivity (Wildman–Crippen MR) is 144 cm³/mol. The molecule has 0 spiro atoms. The monoisotopic (exact) mass is 503 g/mol. The van der Waals surface area contributed by atoms with Crippen molar-refractivity contribution in [1.82, 2.24) is 15.0 Å². The van der Waals surface area contributed by atoms with Gasteiger partial charge < -0.3 is 10.6 Å². The molecule has 5 rings (SSSR count). The number of carbonyl (C=O) groups is 2. The third kappa shape index (κ3) is 5.15. The number of amides is 2. The molecule has 37 heavy (non-hydrogen) atoms. The molecule has 178 valence electrons. The summed E-state index contributed by atoms with van der Waals surface area (Å²) in [6, 6.07) is 22.4. The van der Waals surface area contributed by atoms with Gasteiger partial charge in [-0.1, -0.05) is 36.4 Å². The van der Waals surface area contributed by atoms with Crippen LogP contribution in [0.25, 0.3) is 33.2 Å². The maximum Gasteiger partial charge on any atom is 0.256 e. The van der Waals surface area contributed by atoms with Crippen LogP contribution in [-0.2, 0) is 4.79 Å². The number of hydrogen-bond donors (Lipinski definition) is 2. The van der Waals surface area contributed by atoms with Crippen LogP contribution in [0, 0.1) is 12.3 Å². The first-order valence-electron chi connectivity index (χ1n) is 11.2. The number of hydrogen-bond acceptors (Lipinski definition) is 5. The van der Waals surface area contributed by atoms with Crippen LogP contribution in [0.5, 0.6) is 0 Å². The normalized spacial score (nSPS) is 10.4. The predicted octanol–water partition coefficient (Wildman–Crippen LogP) is 5.99. The zero-order chi connectivity index (χ0) is 25.8. The molecule has 3 aromatic carbocycles. The highest BCUT2D eigenvalue weighted by molar-refractivity contribution is 6.34. The lowest BCUT2D eigenvalue weighted by atomic mass is 9.95. The van der Waals surface area contributed by atoms with Crippen molar-refractivity contribution < 1.29 is 9.59 Å². The second-order valence-electron chi connectivity index (χ2n) is 7.99. The number of carbonyl (C=O) groups excluding carboxylic acids is 2. The molecule has 0 saturated carbocycles. The third-order valence-electron chi connectivity index (χ3n) is 5.58. The van der Waals surface area contributed by atoms with E-state index in [1.54, 1.807) is 42.6 Å². The van der Waals surface area contributed by atoms with Gasteiger partial charge in [0.25, 0.3) is 5.91 Å². The van der Waals surface area contributed by atoms with Gasteiger partial charge in [0.15, 0.2) is 0 Å². The molecule has 0 bridgehead atoms. The Hall–Kier alpha value is -5.06. The average Bonchev–Trinajstić information content (AvgIpc) is 2.93. The number of fused-ring (bicyclic) bond motifs is 1. The van der Waals surface area contributed by atoms with E-state index >= 15 is 0 Å². The molecule has 0 aliphatic rings. The molecule has 0 radical (unpaired) electrons. The van der Waals surface area contributed by atoms with Gasteiger partial charge in [-0.2, -0.15) is 4.98 Å². The molecule has 2 N–H and O–H groups in total. The summed E-state index contributed by atoms with van der Waals surface area (Å²) in [7, 11) is 0.